The fourth-order valence-electron chi connectivity index (χ4n) is 5.08. The number of carbonyl (C=O) groups excluding carboxylic acids is 2. The number of halogens is 2. The topological polar surface area (TPSA) is 124 Å². The second-order valence-electron chi connectivity index (χ2n) is 10.3. The third-order valence-electron chi connectivity index (χ3n) is 7.65. The molecular formula is C30H38Cl2N8O4. The number of amides is 3. The van der Waals surface area contributed by atoms with Crippen LogP contribution in [0.15, 0.2) is 54.3 Å². The van der Waals surface area contributed by atoms with Crippen molar-refractivity contribution in [2.75, 3.05) is 69.5 Å². The van der Waals surface area contributed by atoms with E-state index in [1.807, 2.05) is 6.08 Å². The summed E-state index contributed by atoms with van der Waals surface area (Å²) in [5.41, 5.74) is 2.74. The minimum atomic E-state index is -0.561. The van der Waals surface area contributed by atoms with Crippen molar-refractivity contribution in [1.82, 2.24) is 25.1 Å². The van der Waals surface area contributed by atoms with E-state index in [0.717, 1.165) is 38.4 Å². The van der Waals surface area contributed by atoms with Crippen molar-refractivity contribution < 1.29 is 19.1 Å². The lowest BCUT2D eigenvalue weighted by Gasteiger charge is -2.40. The SMILES string of the molecule is C=CC(=O)NC1=C(Nc2cc(N(C)C(=O)Nc3c(Cl)c(OC)cc(OC)c3Cl)ncn2)CC(C)C(N2CCN(CC)CC2)=C1. The molecule has 1 aliphatic carbocycles. The minimum Gasteiger partial charge on any atom is -0.495 e. The lowest BCUT2D eigenvalue weighted by Crippen LogP contribution is -2.47. The van der Waals surface area contributed by atoms with Crippen molar-refractivity contribution in [3.63, 3.8) is 0 Å². The molecule has 12 nitrogen and oxygen atoms in total. The Bertz CT molecular complexity index is 1440. The molecule has 1 aliphatic heterocycles. The summed E-state index contributed by atoms with van der Waals surface area (Å²) in [7, 11) is 4.44. The molecule has 1 unspecified atom stereocenters. The number of anilines is 3. The quantitative estimate of drug-likeness (QED) is 0.308. The van der Waals surface area contributed by atoms with Gasteiger partial charge >= 0.3 is 6.03 Å². The standard InChI is InChI=1S/C30H38Cl2N8O4/c1-7-26(41)36-20-14-21(40-11-9-39(8-2)10-12-40)18(3)13-19(20)35-24-16-25(34-17-33-24)38(4)30(42)37-29-27(31)22(43-5)15-23(44-6)28(29)32/h7,14-18H,1,8-13H2,2-6H3,(H,36,41)(H,37,42)(H,33,34,35). The van der Waals surface area contributed by atoms with Gasteiger partial charge in [0.1, 0.15) is 39.5 Å². The van der Waals surface area contributed by atoms with Crippen molar-refractivity contribution in [3.05, 3.63) is 64.3 Å². The van der Waals surface area contributed by atoms with E-state index in [0.29, 0.717) is 23.8 Å². The van der Waals surface area contributed by atoms with E-state index in [2.05, 4.69) is 56.1 Å². The zero-order valence-corrected chi connectivity index (χ0v) is 27.1. The Kier molecular flexibility index (Phi) is 11.0. The predicted molar refractivity (Wildman–Crippen MR) is 174 cm³/mol. The Balaban J connectivity index is 1.57. The number of hydrogen-bond donors (Lipinski definition) is 3. The fourth-order valence-corrected chi connectivity index (χ4v) is 5.68. The van der Waals surface area contributed by atoms with Crippen molar-refractivity contribution in [2.45, 2.75) is 20.3 Å². The number of methoxy groups -OCH3 is 2. The molecular weight excluding hydrogens is 607 g/mol. The van der Waals surface area contributed by atoms with Gasteiger partial charge in [-0.05, 0) is 25.1 Å². The molecule has 14 heteroatoms. The smallest absolute Gasteiger partial charge is 0.327 e. The zero-order chi connectivity index (χ0) is 32.0. The number of carbonyl (C=O) groups is 2. The molecule has 2 aliphatic rings. The maximum Gasteiger partial charge on any atom is 0.327 e. The first kappa shape index (κ1) is 32.9. The molecule has 0 spiro atoms. The molecule has 0 saturated carbocycles. The highest BCUT2D eigenvalue weighted by Gasteiger charge is 2.28. The molecule has 1 atom stereocenters. The average Bonchev–Trinajstić information content (AvgIpc) is 3.04. The molecule has 1 aromatic heterocycles. The number of nitrogens with one attached hydrogen (secondary N) is 3. The van der Waals surface area contributed by atoms with Crippen LogP contribution in [0.25, 0.3) is 0 Å². The van der Waals surface area contributed by atoms with Crippen LogP contribution in [-0.4, -0.2) is 85.7 Å². The van der Waals surface area contributed by atoms with Gasteiger partial charge in [0.05, 0.1) is 25.6 Å². The van der Waals surface area contributed by atoms with Crippen molar-refractivity contribution in [2.24, 2.45) is 5.92 Å². The summed E-state index contributed by atoms with van der Waals surface area (Å²) in [5, 5.41) is 9.24. The molecule has 2 heterocycles. The summed E-state index contributed by atoms with van der Waals surface area (Å²) in [6.07, 6.45) is 5.25. The fraction of sp³-hybridized carbons (Fsp3) is 0.400. The minimum absolute atomic E-state index is 0.122. The summed E-state index contributed by atoms with van der Waals surface area (Å²) in [6, 6.07) is 2.60. The van der Waals surface area contributed by atoms with E-state index in [9.17, 15) is 9.59 Å². The first-order chi connectivity index (χ1) is 21.1. The normalized spacial score (nSPS) is 17.0. The molecule has 2 aromatic rings. The van der Waals surface area contributed by atoms with E-state index in [4.69, 9.17) is 32.7 Å². The molecule has 3 amide bonds. The van der Waals surface area contributed by atoms with Gasteiger partial charge in [-0.1, -0.05) is 43.6 Å². The largest absolute Gasteiger partial charge is 0.495 e. The van der Waals surface area contributed by atoms with Gasteiger partial charge in [-0.25, -0.2) is 14.8 Å². The molecule has 236 valence electrons. The number of aromatic nitrogens is 2. The van der Waals surface area contributed by atoms with E-state index in [1.165, 1.54) is 43.3 Å². The van der Waals surface area contributed by atoms with Crippen LogP contribution in [0.4, 0.5) is 22.1 Å². The Morgan fingerprint density at radius 3 is 2.34 bits per heavy atom. The maximum atomic E-state index is 13.2. The first-order valence-electron chi connectivity index (χ1n) is 14.2. The van der Waals surface area contributed by atoms with Gasteiger partial charge < -0.3 is 35.2 Å². The number of ether oxygens (including phenoxy) is 2. The molecule has 44 heavy (non-hydrogen) atoms. The predicted octanol–water partition coefficient (Wildman–Crippen LogP) is 4.96. The van der Waals surface area contributed by atoms with Gasteiger partial charge in [0.15, 0.2) is 0 Å². The van der Waals surface area contributed by atoms with Gasteiger partial charge in [0.2, 0.25) is 5.91 Å². The molecule has 0 bridgehead atoms. The highest BCUT2D eigenvalue weighted by Crippen LogP contribution is 2.44. The Hall–Kier alpha value is -4.00. The van der Waals surface area contributed by atoms with Crippen LogP contribution in [0.3, 0.4) is 0 Å². The number of piperazine rings is 1. The summed E-state index contributed by atoms with van der Waals surface area (Å²) in [4.78, 5) is 40.3. The third-order valence-corrected chi connectivity index (χ3v) is 8.40. The lowest BCUT2D eigenvalue weighted by atomic mass is 9.92. The van der Waals surface area contributed by atoms with Crippen LogP contribution in [0.5, 0.6) is 11.5 Å². The van der Waals surface area contributed by atoms with Crippen molar-refractivity contribution in [1.29, 1.82) is 0 Å². The van der Waals surface area contributed by atoms with Crippen LogP contribution < -0.4 is 30.3 Å². The number of urea groups is 1. The second-order valence-corrected chi connectivity index (χ2v) is 11.1. The van der Waals surface area contributed by atoms with Crippen molar-refractivity contribution in [3.8, 4) is 11.5 Å². The van der Waals surface area contributed by atoms with Crippen molar-refractivity contribution >= 4 is 52.5 Å². The number of allylic oxidation sites excluding steroid dienone is 3. The van der Waals surface area contributed by atoms with Crippen LogP contribution in [0.1, 0.15) is 20.3 Å². The first-order valence-corrected chi connectivity index (χ1v) is 14.9. The number of hydrogen-bond acceptors (Lipinski definition) is 9. The number of likely N-dealkylation sites (N-methyl/N-ethyl adjacent to an activating group) is 1. The van der Waals surface area contributed by atoms with Gasteiger partial charge in [-0.15, -0.1) is 0 Å². The molecule has 1 saturated heterocycles. The Labute approximate surface area is 267 Å². The Morgan fingerprint density at radius 1 is 1.09 bits per heavy atom. The van der Waals surface area contributed by atoms with Crippen LogP contribution in [0, 0.1) is 5.92 Å². The number of rotatable bonds is 10. The van der Waals surface area contributed by atoms with Crippen LogP contribution in [-0.2, 0) is 4.79 Å². The number of nitrogens with zero attached hydrogens (tertiary/aromatic N) is 5. The Morgan fingerprint density at radius 2 is 1.75 bits per heavy atom. The molecule has 1 fully saturated rings. The zero-order valence-electron chi connectivity index (χ0n) is 25.5. The highest BCUT2D eigenvalue weighted by molar-refractivity contribution is 6.41. The van der Waals surface area contributed by atoms with Gasteiger partial charge in [0, 0.05) is 62.7 Å². The molecule has 1 aromatic carbocycles. The molecule has 4 rings (SSSR count). The van der Waals surface area contributed by atoms with Gasteiger partial charge in [-0.3, -0.25) is 9.69 Å². The van der Waals surface area contributed by atoms with Crippen LogP contribution in [0.2, 0.25) is 10.0 Å². The van der Waals surface area contributed by atoms with E-state index >= 15 is 0 Å². The van der Waals surface area contributed by atoms with Gasteiger partial charge in [0.25, 0.3) is 0 Å². The van der Waals surface area contributed by atoms with Gasteiger partial charge in [-0.2, -0.15) is 0 Å². The number of benzene rings is 1. The van der Waals surface area contributed by atoms with E-state index in [-0.39, 0.29) is 39.1 Å². The monoisotopic (exact) mass is 644 g/mol. The second kappa shape index (κ2) is 14.7. The lowest BCUT2D eigenvalue weighted by molar-refractivity contribution is -0.115. The molecule has 3 N–H and O–H groups in total. The highest BCUT2D eigenvalue weighted by atomic mass is 35.5. The average molecular weight is 646 g/mol. The summed E-state index contributed by atoms with van der Waals surface area (Å²) >= 11 is 12.9. The van der Waals surface area contributed by atoms with Crippen LogP contribution >= 0.6 is 23.2 Å². The maximum absolute atomic E-state index is 13.2. The molecule has 0 radical (unpaired) electrons. The summed E-state index contributed by atoms with van der Waals surface area (Å²) in [5.74, 6) is 1.19. The van der Waals surface area contributed by atoms with E-state index in [1.54, 1.807) is 13.1 Å². The third kappa shape index (κ3) is 7.37. The van der Waals surface area contributed by atoms with E-state index < -0.39 is 6.03 Å². The summed E-state index contributed by atoms with van der Waals surface area (Å²) in [6.45, 7) is 12.8. The summed E-state index contributed by atoms with van der Waals surface area (Å²) < 4.78 is 10.6.